The summed E-state index contributed by atoms with van der Waals surface area (Å²) in [6.45, 7) is 3.04. The van der Waals surface area contributed by atoms with Crippen LogP contribution in [0.25, 0.3) is 0 Å². The maximum atomic E-state index is 6.64. The molecule has 0 aliphatic carbocycles. The molecule has 0 saturated carbocycles. The van der Waals surface area contributed by atoms with Gasteiger partial charge in [-0.15, -0.1) is 0 Å². The van der Waals surface area contributed by atoms with Crippen LogP contribution in [0.5, 0.6) is 11.5 Å². The lowest BCUT2D eigenvalue weighted by atomic mass is 9.78. The molecule has 1 fully saturated rings. The average Bonchev–Trinajstić information content (AvgIpc) is 2.71. The molecule has 0 amide bonds. The number of nitrogens with two attached hydrogens (primary N) is 2. The van der Waals surface area contributed by atoms with E-state index in [4.69, 9.17) is 20.9 Å². The second kappa shape index (κ2) is 7.89. The summed E-state index contributed by atoms with van der Waals surface area (Å²) < 4.78 is 11.4. The van der Waals surface area contributed by atoms with Gasteiger partial charge in [-0.3, -0.25) is 4.90 Å². The minimum Gasteiger partial charge on any atom is -0.493 e. The fourth-order valence-electron chi connectivity index (χ4n) is 4.56. The van der Waals surface area contributed by atoms with Gasteiger partial charge >= 0.3 is 0 Å². The lowest BCUT2D eigenvalue weighted by Gasteiger charge is -2.46. The van der Waals surface area contributed by atoms with Crippen LogP contribution >= 0.6 is 0 Å². The molecule has 0 bridgehead atoms. The van der Waals surface area contributed by atoms with Gasteiger partial charge in [-0.2, -0.15) is 0 Å². The Kier molecular flexibility index (Phi) is 5.34. The van der Waals surface area contributed by atoms with Crippen molar-refractivity contribution in [3.05, 3.63) is 59.2 Å². The van der Waals surface area contributed by atoms with Crippen molar-refractivity contribution >= 4 is 0 Å². The predicted molar refractivity (Wildman–Crippen MR) is 107 cm³/mol. The molecular weight excluding hydrogens is 338 g/mol. The Bertz CT molecular complexity index is 781. The third-order valence-corrected chi connectivity index (χ3v) is 5.94. The zero-order chi connectivity index (χ0) is 18.8. The normalized spacial score (nSPS) is 24.8. The number of benzene rings is 2. The predicted octanol–water partition coefficient (Wildman–Crippen LogP) is 2.45. The standard InChI is InChI=1S/C22H29N3O2/c1-26-21-12-17-16(11-22(21)27-10-8-23)7-9-25-14-18(19(24)13-20(17)25)15-5-3-2-4-6-15/h2-6,11-12,18-20H,7-10,13-14,23-24H2,1H3/t18-,19+,20+/m0/s1. The summed E-state index contributed by atoms with van der Waals surface area (Å²) >= 11 is 0. The zero-order valence-corrected chi connectivity index (χ0v) is 15.9. The van der Waals surface area contributed by atoms with Crippen molar-refractivity contribution < 1.29 is 9.47 Å². The molecule has 2 aliphatic rings. The molecule has 1 saturated heterocycles. The Morgan fingerprint density at radius 3 is 2.70 bits per heavy atom. The van der Waals surface area contributed by atoms with Crippen LogP contribution in [0.3, 0.4) is 0 Å². The van der Waals surface area contributed by atoms with Gasteiger partial charge in [-0.25, -0.2) is 0 Å². The van der Waals surface area contributed by atoms with Crippen LogP contribution in [0.15, 0.2) is 42.5 Å². The van der Waals surface area contributed by atoms with E-state index in [1.165, 1.54) is 16.7 Å². The maximum Gasteiger partial charge on any atom is 0.161 e. The minimum atomic E-state index is 0.152. The molecule has 2 aliphatic heterocycles. The summed E-state index contributed by atoms with van der Waals surface area (Å²) in [7, 11) is 1.69. The lowest BCUT2D eigenvalue weighted by Crippen LogP contribution is -2.49. The summed E-state index contributed by atoms with van der Waals surface area (Å²) in [5.74, 6) is 1.96. The third-order valence-electron chi connectivity index (χ3n) is 5.94. The summed E-state index contributed by atoms with van der Waals surface area (Å²) in [5, 5.41) is 0. The van der Waals surface area contributed by atoms with Crippen LogP contribution in [0, 0.1) is 0 Å². The van der Waals surface area contributed by atoms with Crippen LogP contribution in [0.2, 0.25) is 0 Å². The summed E-state index contributed by atoms with van der Waals surface area (Å²) in [6.07, 6.45) is 1.98. The van der Waals surface area contributed by atoms with Gasteiger partial charge in [0, 0.05) is 37.6 Å². The number of hydrogen-bond donors (Lipinski definition) is 2. The topological polar surface area (TPSA) is 73.7 Å². The molecule has 2 aromatic carbocycles. The maximum absolute atomic E-state index is 6.64. The molecule has 2 aromatic rings. The van der Waals surface area contributed by atoms with Gasteiger partial charge in [0.15, 0.2) is 11.5 Å². The molecule has 5 heteroatoms. The first kappa shape index (κ1) is 18.3. The molecule has 4 N–H and O–H groups in total. The van der Waals surface area contributed by atoms with E-state index in [2.05, 4.69) is 47.4 Å². The first-order chi connectivity index (χ1) is 13.2. The third kappa shape index (κ3) is 3.55. The summed E-state index contributed by atoms with van der Waals surface area (Å²) in [4.78, 5) is 2.59. The second-order valence-electron chi connectivity index (χ2n) is 7.52. The van der Waals surface area contributed by atoms with Crippen LogP contribution in [0.1, 0.15) is 35.1 Å². The fraction of sp³-hybridized carbons (Fsp3) is 0.455. The van der Waals surface area contributed by atoms with Gasteiger partial charge in [0.2, 0.25) is 0 Å². The van der Waals surface area contributed by atoms with E-state index in [9.17, 15) is 0 Å². The number of rotatable bonds is 5. The Hall–Kier alpha value is -2.08. The molecule has 5 nitrogen and oxygen atoms in total. The van der Waals surface area contributed by atoms with E-state index in [0.29, 0.717) is 25.1 Å². The van der Waals surface area contributed by atoms with Gasteiger partial charge in [0.25, 0.3) is 0 Å². The Labute approximate surface area is 161 Å². The fourth-order valence-corrected chi connectivity index (χ4v) is 4.56. The van der Waals surface area contributed by atoms with Gasteiger partial charge in [0.05, 0.1) is 7.11 Å². The minimum absolute atomic E-state index is 0.152. The van der Waals surface area contributed by atoms with Crippen molar-refractivity contribution in [2.24, 2.45) is 11.5 Å². The second-order valence-corrected chi connectivity index (χ2v) is 7.52. The highest BCUT2D eigenvalue weighted by atomic mass is 16.5. The van der Waals surface area contributed by atoms with Gasteiger partial charge in [0.1, 0.15) is 6.61 Å². The first-order valence-corrected chi connectivity index (χ1v) is 9.79. The van der Waals surface area contributed by atoms with E-state index >= 15 is 0 Å². The van der Waals surface area contributed by atoms with Crippen LogP contribution in [-0.2, 0) is 6.42 Å². The van der Waals surface area contributed by atoms with Crippen molar-refractivity contribution in [3.8, 4) is 11.5 Å². The Balaban J connectivity index is 1.61. The SMILES string of the molecule is COc1cc2c(cc1OCCN)CCN1C[C@@H](c3ccccc3)[C@H](N)C[C@H]21. The van der Waals surface area contributed by atoms with E-state index in [1.54, 1.807) is 7.11 Å². The number of hydrogen-bond acceptors (Lipinski definition) is 5. The highest BCUT2D eigenvalue weighted by Crippen LogP contribution is 2.44. The number of piperidine rings is 1. The number of ether oxygens (including phenoxy) is 2. The van der Waals surface area contributed by atoms with Crippen molar-refractivity contribution in [1.29, 1.82) is 0 Å². The van der Waals surface area contributed by atoms with E-state index in [0.717, 1.165) is 37.4 Å². The van der Waals surface area contributed by atoms with Crippen molar-refractivity contribution in [1.82, 2.24) is 4.90 Å². The molecule has 2 heterocycles. The van der Waals surface area contributed by atoms with E-state index < -0.39 is 0 Å². The molecule has 0 spiro atoms. The molecule has 27 heavy (non-hydrogen) atoms. The van der Waals surface area contributed by atoms with Crippen molar-refractivity contribution in [2.45, 2.75) is 30.8 Å². The summed E-state index contributed by atoms with van der Waals surface area (Å²) in [5.41, 5.74) is 16.2. The molecule has 4 rings (SSSR count). The highest BCUT2D eigenvalue weighted by Gasteiger charge is 2.38. The molecule has 0 unspecified atom stereocenters. The number of fused-ring (bicyclic) bond motifs is 3. The van der Waals surface area contributed by atoms with Crippen molar-refractivity contribution in [2.75, 3.05) is 33.4 Å². The van der Waals surface area contributed by atoms with Gasteiger partial charge in [-0.05, 0) is 41.7 Å². The summed E-state index contributed by atoms with van der Waals surface area (Å²) in [6, 6.07) is 15.5. The Morgan fingerprint density at radius 1 is 1.15 bits per heavy atom. The lowest BCUT2D eigenvalue weighted by molar-refractivity contribution is 0.109. The van der Waals surface area contributed by atoms with Crippen LogP contribution in [0.4, 0.5) is 0 Å². The molecular formula is C22H29N3O2. The Morgan fingerprint density at radius 2 is 1.96 bits per heavy atom. The molecule has 0 aromatic heterocycles. The first-order valence-electron chi connectivity index (χ1n) is 9.79. The molecule has 3 atom stereocenters. The van der Waals surface area contributed by atoms with Gasteiger partial charge < -0.3 is 20.9 Å². The smallest absolute Gasteiger partial charge is 0.161 e. The quantitative estimate of drug-likeness (QED) is 0.849. The van der Waals surface area contributed by atoms with Crippen molar-refractivity contribution in [3.63, 3.8) is 0 Å². The highest BCUT2D eigenvalue weighted by molar-refractivity contribution is 5.50. The van der Waals surface area contributed by atoms with Crippen LogP contribution < -0.4 is 20.9 Å². The van der Waals surface area contributed by atoms with Gasteiger partial charge in [-0.1, -0.05) is 30.3 Å². The number of methoxy groups -OCH3 is 1. The monoisotopic (exact) mass is 367 g/mol. The number of nitrogens with zero attached hydrogens (tertiary/aromatic N) is 1. The van der Waals surface area contributed by atoms with E-state index in [-0.39, 0.29) is 6.04 Å². The average molecular weight is 367 g/mol. The van der Waals surface area contributed by atoms with Crippen LogP contribution in [-0.4, -0.2) is 44.3 Å². The largest absolute Gasteiger partial charge is 0.493 e. The molecule has 0 radical (unpaired) electrons. The zero-order valence-electron chi connectivity index (χ0n) is 15.9. The molecule has 144 valence electrons. The van der Waals surface area contributed by atoms with E-state index in [1.807, 2.05) is 0 Å².